The van der Waals surface area contributed by atoms with Gasteiger partial charge in [-0.15, -0.1) is 0 Å². The van der Waals surface area contributed by atoms with Crippen molar-refractivity contribution in [3.05, 3.63) is 35.1 Å². The number of aryl methyl sites for hydroxylation is 1. The van der Waals surface area contributed by atoms with Gasteiger partial charge in [0.1, 0.15) is 5.82 Å². The molecule has 70 valence electrons. The lowest BCUT2D eigenvalue weighted by molar-refractivity contribution is 0.611. The molecule has 0 aliphatic carbocycles. The molecule has 0 fully saturated rings. The van der Waals surface area contributed by atoms with Crippen LogP contribution in [0, 0.1) is 28.5 Å². The highest BCUT2D eigenvalue weighted by Gasteiger charge is 2.06. The van der Waals surface area contributed by atoms with E-state index in [1.165, 1.54) is 6.07 Å². The van der Waals surface area contributed by atoms with Gasteiger partial charge < -0.3 is 0 Å². The van der Waals surface area contributed by atoms with Crippen LogP contribution < -0.4 is 0 Å². The van der Waals surface area contributed by atoms with Crippen molar-refractivity contribution in [2.24, 2.45) is 0 Å². The van der Waals surface area contributed by atoms with Crippen molar-refractivity contribution in [2.75, 3.05) is 0 Å². The fraction of sp³-hybridized carbons (Fsp3) is 0.273. The highest BCUT2D eigenvalue weighted by atomic mass is 19.1. The van der Waals surface area contributed by atoms with Gasteiger partial charge in [-0.2, -0.15) is 10.5 Å². The van der Waals surface area contributed by atoms with Gasteiger partial charge in [0, 0.05) is 12.0 Å². The molecule has 0 aliphatic heterocycles. The third-order valence-corrected chi connectivity index (χ3v) is 1.98. The molecule has 0 saturated carbocycles. The third kappa shape index (κ3) is 2.31. The summed E-state index contributed by atoms with van der Waals surface area (Å²) in [6, 6.07) is 8.61. The van der Waals surface area contributed by atoms with E-state index >= 15 is 0 Å². The smallest absolute Gasteiger partial charge is 0.127 e. The van der Waals surface area contributed by atoms with Crippen LogP contribution in [0.15, 0.2) is 18.2 Å². The number of benzene rings is 1. The molecule has 0 aliphatic rings. The molecule has 0 amide bonds. The lowest BCUT2D eigenvalue weighted by Crippen LogP contribution is -1.97. The van der Waals surface area contributed by atoms with Gasteiger partial charge in [-0.25, -0.2) is 4.39 Å². The normalized spacial score (nSPS) is 9.07. The Balaban J connectivity index is 2.98. The summed E-state index contributed by atoms with van der Waals surface area (Å²) >= 11 is 0. The second kappa shape index (κ2) is 4.99. The molecule has 14 heavy (non-hydrogen) atoms. The van der Waals surface area contributed by atoms with E-state index in [2.05, 4.69) is 0 Å². The van der Waals surface area contributed by atoms with E-state index in [1.54, 1.807) is 12.1 Å². The highest BCUT2D eigenvalue weighted by molar-refractivity contribution is 5.31. The largest absolute Gasteiger partial charge is 0.207 e. The lowest BCUT2D eigenvalue weighted by Gasteiger charge is -2.05. The quantitative estimate of drug-likeness (QED) is 0.730. The zero-order valence-electron chi connectivity index (χ0n) is 7.63. The maximum Gasteiger partial charge on any atom is 0.127 e. The van der Waals surface area contributed by atoms with E-state index in [1.807, 2.05) is 12.1 Å². The summed E-state index contributed by atoms with van der Waals surface area (Å²) < 4.78 is 13.2. The molecule has 1 aromatic carbocycles. The maximum atomic E-state index is 13.2. The van der Waals surface area contributed by atoms with Crippen molar-refractivity contribution in [2.45, 2.75) is 19.3 Å². The van der Waals surface area contributed by atoms with E-state index in [-0.39, 0.29) is 12.2 Å². The molecule has 2 nitrogen and oxygen atoms in total. The van der Waals surface area contributed by atoms with E-state index in [9.17, 15) is 4.39 Å². The zero-order valence-corrected chi connectivity index (χ0v) is 7.63. The van der Waals surface area contributed by atoms with Crippen LogP contribution in [0.5, 0.6) is 0 Å². The van der Waals surface area contributed by atoms with Crippen LogP contribution in [0.2, 0.25) is 0 Å². The highest BCUT2D eigenvalue weighted by Crippen LogP contribution is 2.15. The molecule has 3 heteroatoms. The van der Waals surface area contributed by atoms with E-state index in [0.29, 0.717) is 18.4 Å². The first kappa shape index (κ1) is 10.2. The Morgan fingerprint density at radius 1 is 1.21 bits per heavy atom. The number of rotatable bonds is 3. The molecule has 0 radical (unpaired) electrons. The molecule has 0 spiro atoms. The predicted molar refractivity (Wildman–Crippen MR) is 49.7 cm³/mol. The molecular formula is C11H9FN2. The van der Waals surface area contributed by atoms with Crippen molar-refractivity contribution in [3.8, 4) is 12.1 Å². The first-order valence-corrected chi connectivity index (χ1v) is 4.29. The Bertz CT molecular complexity index is 399. The van der Waals surface area contributed by atoms with Crippen LogP contribution in [0.4, 0.5) is 4.39 Å². The van der Waals surface area contributed by atoms with Crippen molar-refractivity contribution in [3.63, 3.8) is 0 Å². The minimum absolute atomic E-state index is 0.0629. The van der Waals surface area contributed by atoms with Gasteiger partial charge in [-0.05, 0) is 18.1 Å². The topological polar surface area (TPSA) is 47.6 Å². The summed E-state index contributed by atoms with van der Waals surface area (Å²) in [7, 11) is 0. The van der Waals surface area contributed by atoms with Crippen molar-refractivity contribution >= 4 is 0 Å². The van der Waals surface area contributed by atoms with Crippen LogP contribution in [0.25, 0.3) is 0 Å². The molecule has 0 saturated heterocycles. The predicted octanol–water partition coefficient (Wildman–Crippen LogP) is 2.35. The molecule has 0 N–H and O–H groups in total. The second-order valence-electron chi connectivity index (χ2n) is 2.87. The molecule has 1 rings (SSSR count). The zero-order chi connectivity index (χ0) is 10.4. The van der Waals surface area contributed by atoms with E-state index < -0.39 is 0 Å². The SMILES string of the molecule is N#CCCc1cccc(F)c1CC#N. The molecule has 0 aromatic heterocycles. The summed E-state index contributed by atoms with van der Waals surface area (Å²) in [5.74, 6) is -0.359. The lowest BCUT2D eigenvalue weighted by atomic mass is 10.0. The van der Waals surface area contributed by atoms with Gasteiger partial charge >= 0.3 is 0 Å². The van der Waals surface area contributed by atoms with Gasteiger partial charge in [-0.3, -0.25) is 0 Å². The molecule has 0 atom stereocenters. The Hall–Kier alpha value is -1.87. The molecule has 1 aromatic rings. The van der Waals surface area contributed by atoms with Gasteiger partial charge in [0.2, 0.25) is 0 Å². The first-order valence-electron chi connectivity index (χ1n) is 4.29. The van der Waals surface area contributed by atoms with Crippen LogP contribution in [-0.4, -0.2) is 0 Å². The fourth-order valence-electron chi connectivity index (χ4n) is 1.31. The molecular weight excluding hydrogens is 179 g/mol. The monoisotopic (exact) mass is 188 g/mol. The molecule has 0 bridgehead atoms. The Morgan fingerprint density at radius 3 is 2.64 bits per heavy atom. The molecule has 0 unspecified atom stereocenters. The maximum absolute atomic E-state index is 13.2. The Kier molecular flexibility index (Phi) is 3.64. The first-order chi connectivity index (χ1) is 6.79. The van der Waals surface area contributed by atoms with Gasteiger partial charge in [0.25, 0.3) is 0 Å². The Labute approximate surface area is 82.2 Å². The minimum atomic E-state index is -0.359. The summed E-state index contributed by atoms with van der Waals surface area (Å²) in [4.78, 5) is 0. The average molecular weight is 188 g/mol. The van der Waals surface area contributed by atoms with E-state index in [4.69, 9.17) is 10.5 Å². The van der Waals surface area contributed by atoms with Crippen LogP contribution in [-0.2, 0) is 12.8 Å². The van der Waals surface area contributed by atoms with Crippen LogP contribution >= 0.6 is 0 Å². The minimum Gasteiger partial charge on any atom is -0.207 e. The number of nitriles is 2. The van der Waals surface area contributed by atoms with Crippen molar-refractivity contribution < 1.29 is 4.39 Å². The summed E-state index contributed by atoms with van der Waals surface area (Å²) in [6.07, 6.45) is 0.917. The summed E-state index contributed by atoms with van der Waals surface area (Å²) in [5.41, 5.74) is 1.18. The molecule has 0 heterocycles. The van der Waals surface area contributed by atoms with Gasteiger partial charge in [-0.1, -0.05) is 12.1 Å². The van der Waals surface area contributed by atoms with Gasteiger partial charge in [0.15, 0.2) is 0 Å². The number of halogens is 1. The summed E-state index contributed by atoms with van der Waals surface area (Å²) in [5, 5.41) is 16.9. The van der Waals surface area contributed by atoms with Crippen LogP contribution in [0.3, 0.4) is 0 Å². The average Bonchev–Trinajstić information content (AvgIpc) is 2.19. The number of hydrogen-bond donors (Lipinski definition) is 0. The van der Waals surface area contributed by atoms with Crippen molar-refractivity contribution in [1.82, 2.24) is 0 Å². The third-order valence-electron chi connectivity index (χ3n) is 1.98. The standard InChI is InChI=1S/C11H9FN2/c12-11-5-1-3-9(4-2-7-13)10(11)6-8-14/h1,3,5H,2,4,6H2. The van der Waals surface area contributed by atoms with Crippen molar-refractivity contribution in [1.29, 1.82) is 10.5 Å². The Morgan fingerprint density at radius 2 is 2.00 bits per heavy atom. The second-order valence-corrected chi connectivity index (χ2v) is 2.87. The van der Waals surface area contributed by atoms with Crippen LogP contribution in [0.1, 0.15) is 17.5 Å². The summed E-state index contributed by atoms with van der Waals surface area (Å²) in [6.45, 7) is 0. The fourth-order valence-corrected chi connectivity index (χ4v) is 1.31. The number of hydrogen-bond acceptors (Lipinski definition) is 2. The van der Waals surface area contributed by atoms with Gasteiger partial charge in [0.05, 0.1) is 18.6 Å². The number of nitrogens with zero attached hydrogens (tertiary/aromatic N) is 2. The van der Waals surface area contributed by atoms with E-state index in [0.717, 1.165) is 5.56 Å².